The second-order valence-electron chi connectivity index (χ2n) is 10.0. The fraction of sp³-hybridized carbons (Fsp3) is 0.364. The van der Waals surface area contributed by atoms with Gasteiger partial charge in [0.15, 0.2) is 0 Å². The highest BCUT2D eigenvalue weighted by Crippen LogP contribution is 2.46. The number of nitrogens with zero attached hydrogens (tertiary/aromatic N) is 4. The van der Waals surface area contributed by atoms with E-state index in [2.05, 4.69) is 18.4 Å². The molecule has 1 N–H and O–H groups in total. The van der Waals surface area contributed by atoms with E-state index in [-0.39, 0.29) is 29.7 Å². The average molecular weight is 559 g/mol. The number of fused-ring (bicyclic) bond motifs is 5. The number of benzene rings is 2. The van der Waals surface area contributed by atoms with Crippen molar-refractivity contribution >= 4 is 40.2 Å². The molecule has 0 saturated carbocycles. The number of amides is 2. The van der Waals surface area contributed by atoms with E-state index in [1.165, 1.54) is 24.3 Å². The van der Waals surface area contributed by atoms with Gasteiger partial charge in [-0.15, -0.1) is 0 Å². The Morgan fingerprint density at radius 3 is 2.63 bits per heavy atom. The van der Waals surface area contributed by atoms with Crippen molar-refractivity contribution in [1.29, 1.82) is 0 Å². The van der Waals surface area contributed by atoms with Gasteiger partial charge in [0.05, 0.1) is 35.2 Å². The van der Waals surface area contributed by atoms with Gasteiger partial charge in [-0.1, -0.05) is 58.9 Å². The first-order valence-corrected chi connectivity index (χ1v) is 14.4. The average Bonchev–Trinajstić information content (AvgIpc) is 2.99. The van der Waals surface area contributed by atoms with E-state index in [9.17, 15) is 14.7 Å². The molecule has 3 heterocycles. The van der Waals surface area contributed by atoms with Crippen molar-refractivity contribution in [2.45, 2.75) is 53.0 Å². The third-order valence-corrected chi connectivity index (χ3v) is 7.64. The highest BCUT2D eigenvalue weighted by molar-refractivity contribution is 6.14. The number of rotatable bonds is 6. The summed E-state index contributed by atoms with van der Waals surface area (Å²) in [5, 5.41) is 11.6. The molecule has 1 aromatic heterocycles. The maximum atomic E-state index is 15.3. The van der Waals surface area contributed by atoms with Crippen LogP contribution in [0, 0.1) is 5.82 Å². The number of pyridine rings is 1. The van der Waals surface area contributed by atoms with Crippen LogP contribution in [0.25, 0.3) is 28.1 Å². The molecule has 2 amide bonds. The van der Waals surface area contributed by atoms with Gasteiger partial charge in [-0.3, -0.25) is 14.6 Å². The molecule has 1 atom stereocenters. The normalized spacial score (nSPS) is 16.4. The van der Waals surface area contributed by atoms with Gasteiger partial charge in [0, 0.05) is 36.7 Å². The molecule has 5 rings (SSSR count). The molecule has 1 fully saturated rings. The Morgan fingerprint density at radius 1 is 1.22 bits per heavy atom. The lowest BCUT2D eigenvalue weighted by atomic mass is 9.87. The van der Waals surface area contributed by atoms with E-state index in [1.807, 2.05) is 39.0 Å². The van der Waals surface area contributed by atoms with Gasteiger partial charge in [0.25, 0.3) is 5.91 Å². The summed E-state index contributed by atoms with van der Waals surface area (Å²) in [6.45, 7) is 12.9. The monoisotopic (exact) mass is 558 g/mol. The molecule has 2 aromatic carbocycles. The largest absolute Gasteiger partial charge is 0.507 e. The van der Waals surface area contributed by atoms with Gasteiger partial charge < -0.3 is 19.8 Å². The molecular weight excluding hydrogens is 519 g/mol. The van der Waals surface area contributed by atoms with E-state index in [0.717, 1.165) is 35.0 Å². The first-order valence-electron chi connectivity index (χ1n) is 14.4. The van der Waals surface area contributed by atoms with Crippen molar-refractivity contribution in [2.24, 2.45) is 0 Å². The molecular formula is C33H39FN4O3. The van der Waals surface area contributed by atoms with Crippen LogP contribution >= 0.6 is 0 Å². The molecule has 2 aliphatic heterocycles. The third-order valence-electron chi connectivity index (χ3n) is 7.64. The number of anilines is 2. The number of hydrogen-bond acceptors (Lipinski definition) is 5. The first-order chi connectivity index (χ1) is 19.8. The van der Waals surface area contributed by atoms with Gasteiger partial charge >= 0.3 is 0 Å². The summed E-state index contributed by atoms with van der Waals surface area (Å²) in [4.78, 5) is 36.0. The lowest BCUT2D eigenvalue weighted by molar-refractivity contribution is -0.128. The number of carbonyl (C=O) groups excluding carboxylic acids is 2. The summed E-state index contributed by atoms with van der Waals surface area (Å²) in [6.07, 6.45) is 9.19. The molecule has 7 nitrogen and oxygen atoms in total. The van der Waals surface area contributed by atoms with Gasteiger partial charge in [0.2, 0.25) is 5.91 Å². The van der Waals surface area contributed by atoms with Crippen molar-refractivity contribution in [3.63, 3.8) is 0 Å². The standard InChI is InChI=1S/C31H33FN4O3.C2H6/c1-5-8-11-20-27(28-22(32)12-9-13-25(28)37)19(10-6-2)16-21-29(20)33-17-23-30(21)36-15-14-35(26(38)7-3)18-24(36)31(39)34(23)4;1-2/h7-9,11-13,16-17,24,37H,3,5-6,10,14-15,18H2,1-2,4H3;1-2H3/b11-8+;/t24-;/m1./s1. The minimum atomic E-state index is -0.537. The number of halogens is 1. The van der Waals surface area contributed by atoms with E-state index >= 15 is 4.39 Å². The van der Waals surface area contributed by atoms with Crippen LogP contribution in [0.5, 0.6) is 5.75 Å². The number of allylic oxidation sites excluding steroid dienone is 1. The summed E-state index contributed by atoms with van der Waals surface area (Å²) >= 11 is 0. The molecule has 41 heavy (non-hydrogen) atoms. The Balaban J connectivity index is 0.00000189. The van der Waals surface area contributed by atoms with Crippen LogP contribution in [0.4, 0.5) is 15.8 Å². The summed E-state index contributed by atoms with van der Waals surface area (Å²) in [6, 6.07) is 5.86. The van der Waals surface area contributed by atoms with E-state index in [0.29, 0.717) is 36.3 Å². The van der Waals surface area contributed by atoms with Crippen molar-refractivity contribution in [2.75, 3.05) is 36.5 Å². The van der Waals surface area contributed by atoms with Gasteiger partial charge in [-0.25, -0.2) is 4.39 Å². The number of aryl methyl sites for hydroxylation is 1. The van der Waals surface area contributed by atoms with Crippen LogP contribution in [0.15, 0.2) is 49.2 Å². The van der Waals surface area contributed by atoms with Gasteiger partial charge in [0.1, 0.15) is 17.6 Å². The smallest absolute Gasteiger partial charge is 0.251 e. The second-order valence-corrected chi connectivity index (χ2v) is 10.0. The predicted molar refractivity (Wildman–Crippen MR) is 165 cm³/mol. The summed E-state index contributed by atoms with van der Waals surface area (Å²) in [7, 11) is 1.73. The molecule has 8 heteroatoms. The van der Waals surface area contributed by atoms with Crippen molar-refractivity contribution in [3.05, 3.63) is 66.1 Å². The number of aromatic nitrogens is 1. The Labute approximate surface area is 241 Å². The maximum absolute atomic E-state index is 15.3. The molecule has 0 bridgehead atoms. The van der Waals surface area contributed by atoms with Crippen LogP contribution in [0.1, 0.15) is 51.7 Å². The molecule has 3 aromatic rings. The highest BCUT2D eigenvalue weighted by atomic mass is 19.1. The number of phenolic OH excluding ortho intramolecular Hbond substituents is 1. The predicted octanol–water partition coefficient (Wildman–Crippen LogP) is 6.33. The third kappa shape index (κ3) is 5.19. The number of hydrogen-bond donors (Lipinski definition) is 1. The zero-order valence-corrected chi connectivity index (χ0v) is 24.6. The minimum absolute atomic E-state index is 0.0991. The Bertz CT molecular complexity index is 1500. The van der Waals surface area contributed by atoms with E-state index < -0.39 is 11.9 Å². The van der Waals surface area contributed by atoms with E-state index in [4.69, 9.17) is 4.98 Å². The number of phenols is 1. The van der Waals surface area contributed by atoms with Gasteiger partial charge in [-0.05, 0) is 42.7 Å². The molecule has 0 spiro atoms. The molecule has 0 aliphatic carbocycles. The van der Waals surface area contributed by atoms with Crippen molar-refractivity contribution in [3.8, 4) is 16.9 Å². The second kappa shape index (κ2) is 12.5. The Kier molecular flexibility index (Phi) is 9.11. The molecule has 216 valence electrons. The molecule has 0 radical (unpaired) electrons. The Morgan fingerprint density at radius 2 is 1.98 bits per heavy atom. The Hall–Kier alpha value is -4.20. The SMILES string of the molecule is C=CC(=O)N1CCN2c3c(cnc4c(/C=C/CC)c(-c5c(O)cccc5F)c(CCC)cc34)N(C)C(=O)[C@H]2C1.CC. The topological polar surface area (TPSA) is 77.0 Å². The minimum Gasteiger partial charge on any atom is -0.507 e. The zero-order chi connectivity index (χ0) is 29.8. The van der Waals surface area contributed by atoms with Gasteiger partial charge in [-0.2, -0.15) is 0 Å². The zero-order valence-electron chi connectivity index (χ0n) is 24.6. The van der Waals surface area contributed by atoms with Crippen molar-refractivity contribution < 1.29 is 19.1 Å². The molecule has 2 aliphatic rings. The quantitative estimate of drug-likeness (QED) is 0.358. The summed E-state index contributed by atoms with van der Waals surface area (Å²) in [5.41, 5.74) is 4.68. The molecule has 1 saturated heterocycles. The fourth-order valence-electron chi connectivity index (χ4n) is 5.80. The fourth-order valence-corrected chi connectivity index (χ4v) is 5.80. The summed E-state index contributed by atoms with van der Waals surface area (Å²) < 4.78 is 15.3. The molecule has 0 unspecified atom stereocenters. The van der Waals surface area contributed by atoms with E-state index in [1.54, 1.807) is 23.0 Å². The van der Waals surface area contributed by atoms with Crippen LogP contribution < -0.4 is 9.80 Å². The lowest BCUT2D eigenvalue weighted by Crippen LogP contribution is -2.62. The van der Waals surface area contributed by atoms with Crippen molar-refractivity contribution in [1.82, 2.24) is 9.88 Å². The lowest BCUT2D eigenvalue weighted by Gasteiger charge is -2.47. The van der Waals surface area contributed by atoms with Crippen LogP contribution in [-0.2, 0) is 16.0 Å². The van der Waals surface area contributed by atoms with Crippen LogP contribution in [-0.4, -0.2) is 59.5 Å². The maximum Gasteiger partial charge on any atom is 0.251 e. The number of carbonyl (C=O) groups is 2. The first kappa shape index (κ1) is 29.8. The number of piperazine rings is 1. The highest BCUT2D eigenvalue weighted by Gasteiger charge is 2.42. The van der Waals surface area contributed by atoms with Crippen LogP contribution in [0.2, 0.25) is 0 Å². The number of aromatic hydroxyl groups is 1. The summed E-state index contributed by atoms with van der Waals surface area (Å²) in [5.74, 6) is -0.909. The number of likely N-dealkylation sites (N-methyl/N-ethyl adjacent to an activating group) is 1. The van der Waals surface area contributed by atoms with Crippen LogP contribution in [0.3, 0.4) is 0 Å².